The fourth-order valence-corrected chi connectivity index (χ4v) is 4.97. The van der Waals surface area contributed by atoms with Crippen molar-refractivity contribution in [3.8, 4) is 0 Å². The van der Waals surface area contributed by atoms with E-state index in [2.05, 4.69) is 88.4 Å². The van der Waals surface area contributed by atoms with Crippen LogP contribution in [0.1, 0.15) is 56.7 Å². The fraction of sp³-hybridized carbons (Fsp3) is 0.286. The first kappa shape index (κ1) is 19.8. The van der Waals surface area contributed by atoms with Gasteiger partial charge in [0.15, 0.2) is 0 Å². The first-order valence-electron chi connectivity index (χ1n) is 11.4. The first-order valence-corrected chi connectivity index (χ1v) is 11.4. The number of fused-ring (bicyclic) bond motifs is 5. The van der Waals surface area contributed by atoms with E-state index in [9.17, 15) is 0 Å². The largest absolute Gasteiger partial charge is 0.494 e. The molecule has 1 aromatic heterocycles. The molecule has 4 aromatic rings. The van der Waals surface area contributed by atoms with Crippen LogP contribution in [0.4, 0.5) is 0 Å². The molecule has 1 unspecified atom stereocenters. The third-order valence-corrected chi connectivity index (χ3v) is 7.49. The van der Waals surface area contributed by atoms with Crippen LogP contribution >= 0.6 is 0 Å². The molecule has 0 spiro atoms. The SMILES string of the molecule is CC1(C)OB(c2cccc(C3CC=Cc4c3ccc3c4oc4ccccc43)c2)OC1(C)C. The number of hydrogen-bond acceptors (Lipinski definition) is 3. The predicted molar refractivity (Wildman–Crippen MR) is 131 cm³/mol. The van der Waals surface area contributed by atoms with E-state index in [0.29, 0.717) is 0 Å². The Balaban J connectivity index is 1.42. The molecule has 0 saturated carbocycles. The Morgan fingerprint density at radius 3 is 2.44 bits per heavy atom. The van der Waals surface area contributed by atoms with E-state index in [-0.39, 0.29) is 24.2 Å². The minimum atomic E-state index is -0.351. The summed E-state index contributed by atoms with van der Waals surface area (Å²) in [6, 6.07) is 21.4. The van der Waals surface area contributed by atoms with Gasteiger partial charge in [0.25, 0.3) is 0 Å². The molecule has 4 heteroatoms. The lowest BCUT2D eigenvalue weighted by Crippen LogP contribution is -2.41. The summed E-state index contributed by atoms with van der Waals surface area (Å²) in [4.78, 5) is 0. The van der Waals surface area contributed by atoms with Crippen LogP contribution in [-0.2, 0) is 9.31 Å². The van der Waals surface area contributed by atoms with Crippen molar-refractivity contribution in [3.05, 3.63) is 83.4 Å². The van der Waals surface area contributed by atoms with Crippen molar-refractivity contribution in [1.29, 1.82) is 0 Å². The number of allylic oxidation sites excluding steroid dienone is 1. The topological polar surface area (TPSA) is 31.6 Å². The van der Waals surface area contributed by atoms with Crippen molar-refractivity contribution < 1.29 is 13.7 Å². The van der Waals surface area contributed by atoms with Crippen molar-refractivity contribution >= 4 is 40.6 Å². The van der Waals surface area contributed by atoms with E-state index in [1.54, 1.807) is 0 Å². The fourth-order valence-electron chi connectivity index (χ4n) is 4.97. The van der Waals surface area contributed by atoms with Crippen LogP contribution in [0.2, 0.25) is 0 Å². The molecule has 1 atom stereocenters. The van der Waals surface area contributed by atoms with Crippen LogP contribution < -0.4 is 5.46 Å². The minimum absolute atomic E-state index is 0.273. The molecular weight excluding hydrogens is 395 g/mol. The van der Waals surface area contributed by atoms with Gasteiger partial charge in [-0.2, -0.15) is 0 Å². The van der Waals surface area contributed by atoms with Crippen molar-refractivity contribution in [2.75, 3.05) is 0 Å². The molecule has 6 rings (SSSR count). The molecule has 0 amide bonds. The van der Waals surface area contributed by atoms with Gasteiger partial charge in [-0.3, -0.25) is 0 Å². The summed E-state index contributed by atoms with van der Waals surface area (Å²) in [5.41, 5.74) is 6.07. The summed E-state index contributed by atoms with van der Waals surface area (Å²) in [6.45, 7) is 8.38. The maximum absolute atomic E-state index is 6.30. The molecule has 0 bridgehead atoms. The number of rotatable bonds is 2. The quantitative estimate of drug-likeness (QED) is 0.349. The summed E-state index contributed by atoms with van der Waals surface area (Å²) in [5, 5.41) is 2.35. The zero-order valence-corrected chi connectivity index (χ0v) is 19.0. The molecule has 2 aliphatic rings. The Bertz CT molecular complexity index is 1360. The van der Waals surface area contributed by atoms with Crippen molar-refractivity contribution in [1.82, 2.24) is 0 Å². The Kier molecular flexibility index (Phi) is 4.24. The van der Waals surface area contributed by atoms with Gasteiger partial charge in [0.1, 0.15) is 11.2 Å². The predicted octanol–water partition coefficient (Wildman–Crippen LogP) is 6.43. The number of hydrogen-bond donors (Lipinski definition) is 0. The molecule has 32 heavy (non-hydrogen) atoms. The summed E-state index contributed by atoms with van der Waals surface area (Å²) < 4.78 is 18.9. The number of para-hydroxylation sites is 1. The van der Waals surface area contributed by atoms with Crippen LogP contribution in [-0.4, -0.2) is 18.3 Å². The highest BCUT2D eigenvalue weighted by Crippen LogP contribution is 2.41. The second-order valence-electron chi connectivity index (χ2n) is 9.99. The zero-order chi connectivity index (χ0) is 22.1. The summed E-state index contributed by atoms with van der Waals surface area (Å²) in [5.74, 6) is 0.273. The van der Waals surface area contributed by atoms with Gasteiger partial charge in [0, 0.05) is 22.3 Å². The lowest BCUT2D eigenvalue weighted by Gasteiger charge is -2.32. The van der Waals surface area contributed by atoms with Gasteiger partial charge in [0.2, 0.25) is 0 Å². The molecule has 1 aliphatic carbocycles. The van der Waals surface area contributed by atoms with Crippen LogP contribution in [0.15, 0.2) is 71.2 Å². The summed E-state index contributed by atoms with van der Waals surface area (Å²) in [7, 11) is -0.351. The molecule has 3 aromatic carbocycles. The average Bonchev–Trinajstić information content (AvgIpc) is 3.27. The number of furan rings is 1. The van der Waals surface area contributed by atoms with Crippen LogP contribution in [0.3, 0.4) is 0 Å². The molecule has 1 fully saturated rings. The first-order chi connectivity index (χ1) is 15.3. The Morgan fingerprint density at radius 1 is 0.844 bits per heavy atom. The molecule has 0 N–H and O–H groups in total. The van der Waals surface area contributed by atoms with Crippen molar-refractivity contribution in [3.63, 3.8) is 0 Å². The van der Waals surface area contributed by atoms with Gasteiger partial charge < -0.3 is 13.7 Å². The molecular formula is C28H27BO3. The second-order valence-corrected chi connectivity index (χ2v) is 9.99. The third-order valence-electron chi connectivity index (χ3n) is 7.49. The normalized spacial score (nSPS) is 21.4. The molecule has 160 valence electrons. The second kappa shape index (κ2) is 6.84. The molecule has 2 heterocycles. The van der Waals surface area contributed by atoms with Gasteiger partial charge >= 0.3 is 7.12 Å². The van der Waals surface area contributed by atoms with Crippen LogP contribution in [0, 0.1) is 0 Å². The minimum Gasteiger partial charge on any atom is -0.455 e. The van der Waals surface area contributed by atoms with Gasteiger partial charge in [-0.15, -0.1) is 0 Å². The van der Waals surface area contributed by atoms with Gasteiger partial charge in [-0.25, -0.2) is 0 Å². The summed E-state index contributed by atoms with van der Waals surface area (Å²) in [6.07, 6.45) is 5.45. The monoisotopic (exact) mass is 422 g/mol. The van der Waals surface area contributed by atoms with E-state index in [4.69, 9.17) is 13.7 Å². The summed E-state index contributed by atoms with van der Waals surface area (Å²) >= 11 is 0. The van der Waals surface area contributed by atoms with Crippen LogP contribution in [0.25, 0.3) is 28.0 Å². The van der Waals surface area contributed by atoms with Gasteiger partial charge in [-0.05, 0) is 56.8 Å². The standard InChI is InChI=1S/C28H27BO3/c1-27(2)28(3,4)32-29(31-27)19-10-7-9-18(17-19)20-12-8-13-23-21(20)15-16-24-22-11-5-6-14-25(22)30-26(23)24/h5-11,13-17,20H,12H2,1-4H3. The average molecular weight is 422 g/mol. The van der Waals surface area contributed by atoms with E-state index in [0.717, 1.165) is 23.0 Å². The Hall–Kier alpha value is -2.82. The Labute approximate surface area is 189 Å². The maximum atomic E-state index is 6.30. The van der Waals surface area contributed by atoms with Crippen LogP contribution in [0.5, 0.6) is 0 Å². The highest BCUT2D eigenvalue weighted by Gasteiger charge is 2.51. The highest BCUT2D eigenvalue weighted by molar-refractivity contribution is 6.62. The maximum Gasteiger partial charge on any atom is 0.494 e. The van der Waals surface area contributed by atoms with E-state index < -0.39 is 0 Å². The van der Waals surface area contributed by atoms with E-state index in [1.165, 1.54) is 27.5 Å². The third kappa shape index (κ3) is 2.90. The molecule has 3 nitrogen and oxygen atoms in total. The van der Waals surface area contributed by atoms with E-state index in [1.807, 2.05) is 12.1 Å². The smallest absolute Gasteiger partial charge is 0.455 e. The van der Waals surface area contributed by atoms with Gasteiger partial charge in [-0.1, -0.05) is 66.7 Å². The van der Waals surface area contributed by atoms with Gasteiger partial charge in [0.05, 0.1) is 11.2 Å². The molecule has 1 aliphatic heterocycles. The number of benzene rings is 3. The van der Waals surface area contributed by atoms with E-state index >= 15 is 0 Å². The van der Waals surface area contributed by atoms with Crippen molar-refractivity contribution in [2.45, 2.75) is 51.2 Å². The molecule has 0 radical (unpaired) electrons. The highest BCUT2D eigenvalue weighted by atomic mass is 16.7. The lowest BCUT2D eigenvalue weighted by atomic mass is 9.75. The zero-order valence-electron chi connectivity index (χ0n) is 19.0. The lowest BCUT2D eigenvalue weighted by molar-refractivity contribution is 0.00578. The Morgan fingerprint density at radius 2 is 1.62 bits per heavy atom. The molecule has 1 saturated heterocycles. The van der Waals surface area contributed by atoms with Crippen molar-refractivity contribution in [2.24, 2.45) is 0 Å².